The highest BCUT2D eigenvalue weighted by molar-refractivity contribution is 5.76. The zero-order valence-corrected chi connectivity index (χ0v) is 16.2. The Balaban J connectivity index is 1.44. The number of nitrogens with zero attached hydrogens (tertiary/aromatic N) is 2. The number of carbonyl (C=O) groups is 1. The third-order valence-corrected chi connectivity index (χ3v) is 5.01. The van der Waals surface area contributed by atoms with Crippen molar-refractivity contribution in [3.05, 3.63) is 60.2 Å². The van der Waals surface area contributed by atoms with E-state index in [1.54, 1.807) is 0 Å². The molecule has 2 aromatic rings. The molecule has 1 amide bonds. The maximum Gasteiger partial charge on any atom is 0.221 e. The monoisotopic (exact) mass is 367 g/mol. The standard InChI is InChI=1S/C22H29N3O2/c1-24-13-14-25(2)19(17-24)16-22(26)23-12-11-18-7-6-10-21(15-18)27-20-8-4-3-5-9-20/h3-10,15,19H,11-14,16-17H2,1-2H3,(H,23,26)/t19-/m1/s1. The summed E-state index contributed by atoms with van der Waals surface area (Å²) < 4.78 is 5.87. The molecule has 0 saturated carbocycles. The lowest BCUT2D eigenvalue weighted by Crippen LogP contribution is -2.51. The Morgan fingerprint density at radius 1 is 1.07 bits per heavy atom. The van der Waals surface area contributed by atoms with Crippen LogP contribution in [0.1, 0.15) is 12.0 Å². The molecule has 1 aliphatic heterocycles. The fourth-order valence-corrected chi connectivity index (χ4v) is 3.34. The van der Waals surface area contributed by atoms with Crippen molar-refractivity contribution < 1.29 is 9.53 Å². The smallest absolute Gasteiger partial charge is 0.221 e. The van der Waals surface area contributed by atoms with E-state index in [1.165, 1.54) is 0 Å². The van der Waals surface area contributed by atoms with Crippen molar-refractivity contribution in [3.63, 3.8) is 0 Å². The van der Waals surface area contributed by atoms with Crippen LogP contribution in [0.5, 0.6) is 11.5 Å². The van der Waals surface area contributed by atoms with Crippen LogP contribution < -0.4 is 10.1 Å². The molecule has 1 N–H and O–H groups in total. The normalized spacial score (nSPS) is 18.2. The molecule has 2 aromatic carbocycles. The van der Waals surface area contributed by atoms with Crippen LogP contribution in [0.3, 0.4) is 0 Å². The number of rotatable bonds is 7. The second kappa shape index (κ2) is 9.53. The number of hydrogen-bond donors (Lipinski definition) is 1. The fraction of sp³-hybridized carbons (Fsp3) is 0.409. The quantitative estimate of drug-likeness (QED) is 0.817. The van der Waals surface area contributed by atoms with Crippen LogP contribution >= 0.6 is 0 Å². The SMILES string of the molecule is CN1CCN(C)[C@H](CC(=O)NCCc2cccc(Oc3ccccc3)c2)C1. The number of carbonyl (C=O) groups excluding carboxylic acids is 1. The summed E-state index contributed by atoms with van der Waals surface area (Å²) in [5, 5.41) is 3.06. The van der Waals surface area contributed by atoms with Gasteiger partial charge in [-0.05, 0) is 50.3 Å². The van der Waals surface area contributed by atoms with E-state index in [2.05, 4.69) is 35.3 Å². The van der Waals surface area contributed by atoms with Crippen molar-refractivity contribution >= 4 is 5.91 Å². The van der Waals surface area contributed by atoms with E-state index in [9.17, 15) is 4.79 Å². The molecule has 1 fully saturated rings. The predicted molar refractivity (Wildman–Crippen MR) is 108 cm³/mol. The molecule has 1 atom stereocenters. The van der Waals surface area contributed by atoms with Gasteiger partial charge < -0.3 is 19.9 Å². The van der Waals surface area contributed by atoms with Crippen LogP contribution in [0.15, 0.2) is 54.6 Å². The summed E-state index contributed by atoms with van der Waals surface area (Å²) in [6, 6.07) is 18.1. The van der Waals surface area contributed by atoms with E-state index < -0.39 is 0 Å². The molecule has 0 unspecified atom stereocenters. The van der Waals surface area contributed by atoms with E-state index in [0.717, 1.165) is 43.1 Å². The lowest BCUT2D eigenvalue weighted by molar-refractivity contribution is -0.122. The maximum absolute atomic E-state index is 12.3. The first-order valence-electron chi connectivity index (χ1n) is 9.57. The van der Waals surface area contributed by atoms with Gasteiger partial charge in [-0.15, -0.1) is 0 Å². The van der Waals surface area contributed by atoms with Crippen LogP contribution in [-0.4, -0.2) is 62.0 Å². The van der Waals surface area contributed by atoms with Crippen molar-refractivity contribution in [2.45, 2.75) is 18.9 Å². The van der Waals surface area contributed by atoms with Crippen molar-refractivity contribution in [2.24, 2.45) is 0 Å². The molecule has 5 nitrogen and oxygen atoms in total. The number of piperazine rings is 1. The molecule has 0 aromatic heterocycles. The molecule has 0 aliphatic carbocycles. The highest BCUT2D eigenvalue weighted by Crippen LogP contribution is 2.21. The second-order valence-electron chi connectivity index (χ2n) is 7.26. The van der Waals surface area contributed by atoms with Gasteiger partial charge >= 0.3 is 0 Å². The van der Waals surface area contributed by atoms with Crippen molar-refractivity contribution in [2.75, 3.05) is 40.3 Å². The average molecular weight is 367 g/mol. The van der Waals surface area contributed by atoms with Crippen LogP contribution in [0.25, 0.3) is 0 Å². The average Bonchev–Trinajstić information content (AvgIpc) is 2.66. The van der Waals surface area contributed by atoms with Gasteiger partial charge in [0.15, 0.2) is 0 Å². The van der Waals surface area contributed by atoms with Gasteiger partial charge in [0.25, 0.3) is 0 Å². The first kappa shape index (κ1) is 19.4. The lowest BCUT2D eigenvalue weighted by Gasteiger charge is -2.37. The zero-order chi connectivity index (χ0) is 19.1. The van der Waals surface area contributed by atoms with Crippen molar-refractivity contribution in [1.29, 1.82) is 0 Å². The van der Waals surface area contributed by atoms with Crippen LogP contribution in [0, 0.1) is 0 Å². The summed E-state index contributed by atoms with van der Waals surface area (Å²) in [5.74, 6) is 1.76. The topological polar surface area (TPSA) is 44.8 Å². The Morgan fingerprint density at radius 3 is 2.67 bits per heavy atom. The van der Waals surface area contributed by atoms with Gasteiger partial charge in [-0.2, -0.15) is 0 Å². The van der Waals surface area contributed by atoms with E-state index in [0.29, 0.717) is 19.0 Å². The molecule has 0 radical (unpaired) electrons. The van der Waals surface area contributed by atoms with E-state index >= 15 is 0 Å². The largest absolute Gasteiger partial charge is 0.457 e. The predicted octanol–water partition coefficient (Wildman–Crippen LogP) is 2.77. The molecule has 144 valence electrons. The molecule has 1 heterocycles. The van der Waals surface area contributed by atoms with Gasteiger partial charge in [-0.25, -0.2) is 0 Å². The maximum atomic E-state index is 12.3. The van der Waals surface area contributed by atoms with Crippen LogP contribution in [-0.2, 0) is 11.2 Å². The number of likely N-dealkylation sites (N-methyl/N-ethyl adjacent to an activating group) is 2. The molecule has 0 spiro atoms. The summed E-state index contributed by atoms with van der Waals surface area (Å²) in [6.07, 6.45) is 1.34. The molecule has 1 saturated heterocycles. The number of hydrogen-bond acceptors (Lipinski definition) is 4. The second-order valence-corrected chi connectivity index (χ2v) is 7.26. The molecule has 27 heavy (non-hydrogen) atoms. The van der Waals surface area contributed by atoms with Gasteiger partial charge in [-0.3, -0.25) is 4.79 Å². The molecule has 1 aliphatic rings. The number of amides is 1. The first-order chi connectivity index (χ1) is 13.1. The fourth-order valence-electron chi connectivity index (χ4n) is 3.34. The Morgan fingerprint density at radius 2 is 1.85 bits per heavy atom. The zero-order valence-electron chi connectivity index (χ0n) is 16.2. The van der Waals surface area contributed by atoms with Crippen LogP contribution in [0.4, 0.5) is 0 Å². The molecular formula is C22H29N3O2. The summed E-state index contributed by atoms with van der Waals surface area (Å²) >= 11 is 0. The lowest BCUT2D eigenvalue weighted by atomic mass is 10.1. The Bertz CT molecular complexity index is 735. The molecule has 3 rings (SSSR count). The molecule has 5 heteroatoms. The Kier molecular flexibility index (Phi) is 6.85. The Labute approximate surface area is 161 Å². The minimum Gasteiger partial charge on any atom is -0.457 e. The highest BCUT2D eigenvalue weighted by atomic mass is 16.5. The molecular weight excluding hydrogens is 338 g/mol. The number of ether oxygens (including phenoxy) is 1. The third-order valence-electron chi connectivity index (χ3n) is 5.01. The number of para-hydroxylation sites is 1. The van der Waals surface area contributed by atoms with E-state index in [-0.39, 0.29) is 5.91 Å². The minimum absolute atomic E-state index is 0.124. The first-order valence-corrected chi connectivity index (χ1v) is 9.57. The Hall–Kier alpha value is -2.37. The number of benzene rings is 2. The van der Waals surface area contributed by atoms with E-state index in [4.69, 9.17) is 4.74 Å². The minimum atomic E-state index is 0.124. The highest BCUT2D eigenvalue weighted by Gasteiger charge is 2.24. The molecule has 0 bridgehead atoms. The van der Waals surface area contributed by atoms with Crippen LogP contribution in [0.2, 0.25) is 0 Å². The van der Waals surface area contributed by atoms with Gasteiger partial charge in [0.05, 0.1) is 0 Å². The van der Waals surface area contributed by atoms with Gasteiger partial charge in [0, 0.05) is 38.6 Å². The van der Waals surface area contributed by atoms with Crippen molar-refractivity contribution in [1.82, 2.24) is 15.1 Å². The van der Waals surface area contributed by atoms with Gasteiger partial charge in [0.1, 0.15) is 11.5 Å². The summed E-state index contributed by atoms with van der Waals surface area (Å²) in [6.45, 7) is 3.67. The van der Waals surface area contributed by atoms with Gasteiger partial charge in [0.2, 0.25) is 5.91 Å². The number of nitrogens with one attached hydrogen (secondary N) is 1. The van der Waals surface area contributed by atoms with Crippen molar-refractivity contribution in [3.8, 4) is 11.5 Å². The van der Waals surface area contributed by atoms with E-state index in [1.807, 2.05) is 48.5 Å². The third kappa shape index (κ3) is 6.08. The summed E-state index contributed by atoms with van der Waals surface area (Å²) in [4.78, 5) is 16.9. The summed E-state index contributed by atoms with van der Waals surface area (Å²) in [7, 11) is 4.21. The summed E-state index contributed by atoms with van der Waals surface area (Å²) in [5.41, 5.74) is 1.15. The van der Waals surface area contributed by atoms with Gasteiger partial charge in [-0.1, -0.05) is 30.3 Å².